The number of rotatable bonds is 4. The van der Waals surface area contributed by atoms with Crippen LogP contribution < -0.4 is 29.3 Å². The molecular weight excluding hydrogens is 428 g/mol. The van der Waals surface area contributed by atoms with Crippen LogP contribution in [-0.4, -0.2) is 26.6 Å². The number of hydrogen-bond donors (Lipinski definition) is 1. The molecule has 3 rings (SSSR count). The standard InChI is InChI=1S/C17H9BrFN5O3.Li/c18-11-6-14(10(17(26)27)5-12(11)19)21-16(25)13-1-2-15(23-22-13)24-4-3-9(7-20)8-24;/h1-6,8H,(H,21,25)(H,26,27);/q;+1/p-1. The maximum Gasteiger partial charge on any atom is 1.00 e. The minimum absolute atomic E-state index is 0. The number of aromatic nitrogens is 3. The van der Waals surface area contributed by atoms with Gasteiger partial charge < -0.3 is 19.8 Å². The van der Waals surface area contributed by atoms with Gasteiger partial charge in [-0.2, -0.15) is 5.26 Å². The number of nitrogens with zero attached hydrogens (tertiary/aromatic N) is 4. The molecule has 2 heterocycles. The van der Waals surface area contributed by atoms with Gasteiger partial charge in [-0.3, -0.25) is 4.79 Å². The quantitative estimate of drug-likeness (QED) is 0.506. The summed E-state index contributed by atoms with van der Waals surface area (Å²) in [6.45, 7) is 0. The minimum Gasteiger partial charge on any atom is -0.545 e. The van der Waals surface area contributed by atoms with E-state index in [0.29, 0.717) is 11.4 Å². The van der Waals surface area contributed by atoms with E-state index in [1.807, 2.05) is 6.07 Å². The number of nitrogens with one attached hydrogen (secondary N) is 1. The second-order valence-electron chi connectivity index (χ2n) is 5.25. The molecule has 0 saturated carbocycles. The molecule has 0 spiro atoms. The first-order valence-electron chi connectivity index (χ1n) is 7.33. The molecule has 0 aliphatic rings. The molecule has 0 bridgehead atoms. The maximum absolute atomic E-state index is 13.5. The number of hydrogen-bond acceptors (Lipinski definition) is 6. The first kappa shape index (κ1) is 21.3. The molecule has 134 valence electrons. The molecule has 1 aromatic carbocycles. The summed E-state index contributed by atoms with van der Waals surface area (Å²) in [6, 6.07) is 8.31. The summed E-state index contributed by atoms with van der Waals surface area (Å²) >= 11 is 2.93. The topological polar surface area (TPSA) is 124 Å². The summed E-state index contributed by atoms with van der Waals surface area (Å²) in [5.74, 6) is -2.80. The Bertz CT molecular complexity index is 1100. The van der Waals surface area contributed by atoms with E-state index >= 15 is 0 Å². The Labute approximate surface area is 178 Å². The summed E-state index contributed by atoms with van der Waals surface area (Å²) in [6.07, 6.45) is 3.16. The molecule has 1 N–H and O–H groups in total. The largest absolute Gasteiger partial charge is 1.00 e. The van der Waals surface area contributed by atoms with Gasteiger partial charge >= 0.3 is 18.9 Å². The van der Waals surface area contributed by atoms with E-state index in [4.69, 9.17) is 5.26 Å². The molecule has 1 amide bonds. The Morgan fingerprint density at radius 3 is 2.57 bits per heavy atom. The molecule has 11 heteroatoms. The third kappa shape index (κ3) is 4.46. The van der Waals surface area contributed by atoms with Crippen LogP contribution in [0.3, 0.4) is 0 Å². The Balaban J connectivity index is 0.00000280. The van der Waals surface area contributed by atoms with Crippen LogP contribution >= 0.6 is 15.9 Å². The number of carboxylic acid groups (broad SMARTS) is 1. The zero-order chi connectivity index (χ0) is 19.6. The molecule has 0 unspecified atom stereocenters. The second kappa shape index (κ2) is 8.80. The van der Waals surface area contributed by atoms with Crippen LogP contribution in [0.25, 0.3) is 5.82 Å². The van der Waals surface area contributed by atoms with Gasteiger partial charge in [-0.15, -0.1) is 10.2 Å². The Morgan fingerprint density at radius 1 is 1.25 bits per heavy atom. The molecule has 0 fully saturated rings. The average molecular weight is 436 g/mol. The molecule has 0 aliphatic carbocycles. The minimum atomic E-state index is -1.64. The first-order valence-corrected chi connectivity index (χ1v) is 8.12. The molecule has 8 nitrogen and oxygen atoms in total. The summed E-state index contributed by atoms with van der Waals surface area (Å²) in [5, 5.41) is 30.0. The van der Waals surface area contributed by atoms with Gasteiger partial charge in [0.1, 0.15) is 11.9 Å². The number of aromatic carboxylic acids is 1. The molecular formula is C17H8BrFLiN5O3. The molecule has 3 aromatic rings. The smallest absolute Gasteiger partial charge is 0.545 e. The van der Waals surface area contributed by atoms with Crippen LogP contribution in [0.15, 0.2) is 47.2 Å². The van der Waals surface area contributed by atoms with Crippen molar-refractivity contribution in [2.45, 2.75) is 0 Å². The van der Waals surface area contributed by atoms with Crippen molar-refractivity contribution in [2.75, 3.05) is 5.32 Å². The van der Waals surface area contributed by atoms with E-state index in [-0.39, 0.29) is 34.7 Å². The van der Waals surface area contributed by atoms with Gasteiger partial charge in [-0.25, -0.2) is 4.39 Å². The number of halogens is 2. The monoisotopic (exact) mass is 435 g/mol. The number of carbonyl (C=O) groups excluding carboxylic acids is 2. The van der Waals surface area contributed by atoms with Crippen LogP contribution in [0, 0.1) is 17.1 Å². The van der Waals surface area contributed by atoms with Gasteiger partial charge in [0.05, 0.1) is 21.7 Å². The van der Waals surface area contributed by atoms with Crippen LogP contribution in [0.5, 0.6) is 0 Å². The third-order valence-corrected chi connectivity index (χ3v) is 4.11. The van der Waals surface area contributed by atoms with E-state index in [0.717, 1.165) is 12.1 Å². The van der Waals surface area contributed by atoms with Crippen LogP contribution in [0.2, 0.25) is 0 Å². The number of benzene rings is 1. The summed E-state index contributed by atoms with van der Waals surface area (Å²) < 4.78 is 15.0. The Morgan fingerprint density at radius 2 is 2.00 bits per heavy atom. The number of carbonyl (C=O) groups is 2. The van der Waals surface area contributed by atoms with Gasteiger partial charge in [-0.05, 0) is 46.3 Å². The van der Waals surface area contributed by atoms with Crippen LogP contribution in [-0.2, 0) is 0 Å². The van der Waals surface area contributed by atoms with Crippen molar-refractivity contribution in [1.29, 1.82) is 5.26 Å². The van der Waals surface area contributed by atoms with Gasteiger partial charge in [0, 0.05) is 18.0 Å². The maximum atomic E-state index is 13.5. The van der Waals surface area contributed by atoms with Crippen molar-refractivity contribution in [3.63, 3.8) is 0 Å². The fourth-order valence-corrected chi connectivity index (χ4v) is 2.54. The van der Waals surface area contributed by atoms with Gasteiger partial charge in [0.2, 0.25) is 0 Å². The molecule has 2 aromatic heterocycles. The third-order valence-electron chi connectivity index (χ3n) is 3.50. The zero-order valence-electron chi connectivity index (χ0n) is 14.3. The number of amides is 1. The Kier molecular flexibility index (Phi) is 6.70. The van der Waals surface area contributed by atoms with E-state index in [9.17, 15) is 19.1 Å². The number of carboxylic acids is 1. The van der Waals surface area contributed by atoms with E-state index < -0.39 is 23.3 Å². The number of nitriles is 1. The SMILES string of the molecule is N#Cc1ccn(-c2ccc(C(=O)Nc3cc(Br)c(F)cc3C(=O)[O-])nn2)c1.[Li+]. The van der Waals surface area contributed by atoms with Gasteiger partial charge in [0.25, 0.3) is 5.91 Å². The summed E-state index contributed by atoms with van der Waals surface area (Å²) in [5.41, 5.74) is -0.306. The fourth-order valence-electron chi connectivity index (χ4n) is 2.19. The number of anilines is 1. The van der Waals surface area contributed by atoms with Crippen molar-refractivity contribution >= 4 is 33.5 Å². The molecule has 0 saturated heterocycles. The first-order chi connectivity index (χ1) is 12.9. The van der Waals surface area contributed by atoms with E-state index in [1.165, 1.54) is 12.1 Å². The van der Waals surface area contributed by atoms with Crippen molar-refractivity contribution in [1.82, 2.24) is 14.8 Å². The molecule has 0 aliphatic heterocycles. The van der Waals surface area contributed by atoms with Crippen LogP contribution in [0.4, 0.5) is 10.1 Å². The van der Waals surface area contributed by atoms with E-state index in [2.05, 4.69) is 31.4 Å². The van der Waals surface area contributed by atoms with Gasteiger partial charge in [0.15, 0.2) is 11.5 Å². The summed E-state index contributed by atoms with van der Waals surface area (Å²) in [4.78, 5) is 23.4. The molecule has 28 heavy (non-hydrogen) atoms. The predicted molar refractivity (Wildman–Crippen MR) is 92.5 cm³/mol. The van der Waals surface area contributed by atoms with Crippen molar-refractivity contribution in [2.24, 2.45) is 0 Å². The van der Waals surface area contributed by atoms with E-state index in [1.54, 1.807) is 23.0 Å². The predicted octanol–water partition coefficient (Wildman–Crippen LogP) is -1.34. The zero-order valence-corrected chi connectivity index (χ0v) is 15.9. The molecule has 0 radical (unpaired) electrons. The van der Waals surface area contributed by atoms with Gasteiger partial charge in [-0.1, -0.05) is 0 Å². The van der Waals surface area contributed by atoms with Crippen molar-refractivity contribution in [3.8, 4) is 11.9 Å². The Hall–Kier alpha value is -2.98. The summed E-state index contributed by atoms with van der Waals surface area (Å²) in [7, 11) is 0. The molecule has 0 atom stereocenters. The second-order valence-corrected chi connectivity index (χ2v) is 6.10. The van der Waals surface area contributed by atoms with Crippen molar-refractivity contribution in [3.05, 3.63) is 69.8 Å². The average Bonchev–Trinajstić information content (AvgIpc) is 3.13. The fraction of sp³-hybridized carbons (Fsp3) is 0. The normalized spacial score (nSPS) is 9.89. The van der Waals surface area contributed by atoms with Crippen molar-refractivity contribution < 1.29 is 37.9 Å². The van der Waals surface area contributed by atoms with Crippen LogP contribution in [0.1, 0.15) is 26.4 Å².